The van der Waals surface area contributed by atoms with Crippen LogP contribution in [0.4, 0.5) is 0 Å². The van der Waals surface area contributed by atoms with Gasteiger partial charge in [-0.05, 0) is 32.5 Å². The molecule has 28 heavy (non-hydrogen) atoms. The molecule has 0 aromatic heterocycles. The van der Waals surface area contributed by atoms with Gasteiger partial charge in [-0.15, -0.1) is 0 Å². The molecule has 1 N–H and O–H groups in total. The van der Waals surface area contributed by atoms with Crippen molar-refractivity contribution in [1.29, 1.82) is 0 Å². The number of hydrogen-bond donors (Lipinski definition) is 1. The number of fused-ring (bicyclic) bond motifs is 1. The molecule has 0 unspecified atom stereocenters. The highest BCUT2D eigenvalue weighted by molar-refractivity contribution is 6.21. The van der Waals surface area contributed by atoms with E-state index in [0.717, 1.165) is 32.7 Å². The summed E-state index contributed by atoms with van der Waals surface area (Å²) in [6.07, 6.45) is 0.116. The molecular formula is C21H30N4O3. The van der Waals surface area contributed by atoms with Gasteiger partial charge in [0.05, 0.1) is 11.1 Å². The Morgan fingerprint density at radius 1 is 1.04 bits per heavy atom. The van der Waals surface area contributed by atoms with Gasteiger partial charge in [-0.1, -0.05) is 19.1 Å². The van der Waals surface area contributed by atoms with Gasteiger partial charge in [0.2, 0.25) is 5.91 Å². The van der Waals surface area contributed by atoms with Gasteiger partial charge in [0.15, 0.2) is 0 Å². The normalized spacial score (nSPS) is 18.5. The molecule has 152 valence electrons. The number of benzene rings is 1. The maximum absolute atomic E-state index is 12.4. The van der Waals surface area contributed by atoms with Crippen LogP contribution in [0.15, 0.2) is 24.3 Å². The Labute approximate surface area is 166 Å². The van der Waals surface area contributed by atoms with Crippen LogP contribution in [0, 0.1) is 0 Å². The predicted octanol–water partition coefficient (Wildman–Crippen LogP) is 1.21. The third kappa shape index (κ3) is 4.25. The summed E-state index contributed by atoms with van der Waals surface area (Å²) in [5.74, 6) is -0.776. The number of piperazine rings is 1. The van der Waals surface area contributed by atoms with Gasteiger partial charge in [-0.3, -0.25) is 24.2 Å². The van der Waals surface area contributed by atoms with Crippen molar-refractivity contribution in [3.63, 3.8) is 0 Å². The SMILES string of the molecule is CCN1CCN(C(C)(C)CNC(=O)CCN2C(=O)c3ccccc3C2=O)CC1. The Balaban J connectivity index is 1.46. The molecule has 0 saturated carbocycles. The quantitative estimate of drug-likeness (QED) is 0.713. The first kappa shape index (κ1) is 20.5. The van der Waals surface area contributed by atoms with Crippen molar-refractivity contribution >= 4 is 17.7 Å². The fourth-order valence-corrected chi connectivity index (χ4v) is 3.84. The van der Waals surface area contributed by atoms with Crippen LogP contribution in [-0.2, 0) is 4.79 Å². The molecule has 7 heteroatoms. The second kappa shape index (κ2) is 8.41. The molecule has 1 aromatic carbocycles. The van der Waals surface area contributed by atoms with Gasteiger partial charge in [0, 0.05) is 51.2 Å². The number of carbonyl (C=O) groups excluding carboxylic acids is 3. The molecule has 0 bridgehead atoms. The van der Waals surface area contributed by atoms with E-state index in [1.807, 2.05) is 0 Å². The molecule has 0 atom stereocenters. The summed E-state index contributed by atoms with van der Waals surface area (Å²) < 4.78 is 0. The van der Waals surface area contributed by atoms with E-state index in [2.05, 4.69) is 35.9 Å². The van der Waals surface area contributed by atoms with E-state index in [0.29, 0.717) is 17.7 Å². The molecule has 1 fully saturated rings. The monoisotopic (exact) mass is 386 g/mol. The summed E-state index contributed by atoms with van der Waals surface area (Å²) in [5.41, 5.74) is 0.700. The molecule has 7 nitrogen and oxygen atoms in total. The molecule has 1 aromatic rings. The smallest absolute Gasteiger partial charge is 0.261 e. The lowest BCUT2D eigenvalue weighted by atomic mass is 10.0. The Hall–Kier alpha value is -2.25. The number of hydrogen-bond acceptors (Lipinski definition) is 5. The van der Waals surface area contributed by atoms with Crippen LogP contribution in [0.3, 0.4) is 0 Å². The topological polar surface area (TPSA) is 73.0 Å². The summed E-state index contributed by atoms with van der Waals surface area (Å²) >= 11 is 0. The lowest BCUT2D eigenvalue weighted by molar-refractivity contribution is -0.121. The molecule has 0 spiro atoms. The summed E-state index contributed by atoms with van der Waals surface area (Å²) in [5, 5.41) is 2.98. The molecule has 1 saturated heterocycles. The van der Waals surface area contributed by atoms with Crippen molar-refractivity contribution < 1.29 is 14.4 Å². The minimum Gasteiger partial charge on any atom is -0.354 e. The highest BCUT2D eigenvalue weighted by atomic mass is 16.2. The van der Waals surface area contributed by atoms with Crippen molar-refractivity contribution in [1.82, 2.24) is 20.0 Å². The van der Waals surface area contributed by atoms with Crippen molar-refractivity contribution in [2.24, 2.45) is 0 Å². The Bertz CT molecular complexity index is 719. The molecule has 2 aliphatic heterocycles. The Morgan fingerprint density at radius 3 is 2.14 bits per heavy atom. The number of amides is 3. The zero-order valence-corrected chi connectivity index (χ0v) is 17.0. The van der Waals surface area contributed by atoms with Crippen LogP contribution >= 0.6 is 0 Å². The maximum atomic E-state index is 12.4. The van der Waals surface area contributed by atoms with Gasteiger partial charge >= 0.3 is 0 Å². The summed E-state index contributed by atoms with van der Waals surface area (Å²) in [7, 11) is 0. The van der Waals surface area contributed by atoms with E-state index in [9.17, 15) is 14.4 Å². The van der Waals surface area contributed by atoms with E-state index in [-0.39, 0.29) is 36.2 Å². The first-order valence-corrected chi connectivity index (χ1v) is 10.0. The lowest BCUT2D eigenvalue weighted by Crippen LogP contribution is -2.58. The van der Waals surface area contributed by atoms with Crippen LogP contribution in [0.25, 0.3) is 0 Å². The molecule has 3 amide bonds. The maximum Gasteiger partial charge on any atom is 0.261 e. The van der Waals surface area contributed by atoms with Crippen LogP contribution in [0.2, 0.25) is 0 Å². The highest BCUT2D eigenvalue weighted by Gasteiger charge is 2.35. The number of nitrogens with one attached hydrogen (secondary N) is 1. The third-order valence-electron chi connectivity index (χ3n) is 5.83. The van der Waals surface area contributed by atoms with Crippen LogP contribution in [-0.4, -0.2) is 83.8 Å². The van der Waals surface area contributed by atoms with Gasteiger partial charge in [-0.2, -0.15) is 0 Å². The zero-order chi connectivity index (χ0) is 20.3. The number of nitrogens with zero attached hydrogens (tertiary/aromatic N) is 3. The van der Waals surface area contributed by atoms with Gasteiger partial charge in [0.25, 0.3) is 11.8 Å². The first-order valence-electron chi connectivity index (χ1n) is 10.0. The van der Waals surface area contributed by atoms with E-state index in [1.165, 1.54) is 4.90 Å². The molecule has 2 aliphatic rings. The summed E-state index contributed by atoms with van der Waals surface area (Å²) in [4.78, 5) is 43.0. The fraction of sp³-hybridized carbons (Fsp3) is 0.571. The molecule has 2 heterocycles. The van der Waals surface area contributed by atoms with Crippen LogP contribution in [0.5, 0.6) is 0 Å². The molecular weight excluding hydrogens is 356 g/mol. The van der Waals surface area contributed by atoms with Crippen LogP contribution < -0.4 is 5.32 Å². The number of carbonyl (C=O) groups is 3. The van der Waals surface area contributed by atoms with Gasteiger partial charge in [0.1, 0.15) is 0 Å². The van der Waals surface area contributed by atoms with Crippen molar-refractivity contribution in [3.8, 4) is 0 Å². The lowest BCUT2D eigenvalue weighted by Gasteiger charge is -2.44. The first-order chi connectivity index (χ1) is 13.3. The van der Waals surface area contributed by atoms with Gasteiger partial charge in [-0.25, -0.2) is 0 Å². The number of imide groups is 1. The number of rotatable bonds is 7. The summed E-state index contributed by atoms with van der Waals surface area (Å²) in [6, 6.07) is 6.78. The second-order valence-corrected chi connectivity index (χ2v) is 8.07. The average molecular weight is 386 g/mol. The van der Waals surface area contributed by atoms with E-state index < -0.39 is 0 Å². The largest absolute Gasteiger partial charge is 0.354 e. The van der Waals surface area contributed by atoms with Crippen molar-refractivity contribution in [3.05, 3.63) is 35.4 Å². The van der Waals surface area contributed by atoms with Crippen LogP contribution in [0.1, 0.15) is 47.9 Å². The molecule has 3 rings (SSSR count). The Kier molecular flexibility index (Phi) is 6.15. The third-order valence-corrected chi connectivity index (χ3v) is 5.83. The zero-order valence-electron chi connectivity index (χ0n) is 17.0. The van der Waals surface area contributed by atoms with Gasteiger partial charge < -0.3 is 10.2 Å². The minimum atomic E-state index is -0.317. The van der Waals surface area contributed by atoms with Crippen molar-refractivity contribution in [2.75, 3.05) is 45.8 Å². The molecule has 0 radical (unpaired) electrons. The number of likely N-dealkylation sites (N-methyl/N-ethyl adjacent to an activating group) is 1. The van der Waals surface area contributed by atoms with E-state index in [1.54, 1.807) is 24.3 Å². The molecule has 0 aliphatic carbocycles. The average Bonchev–Trinajstić information content (AvgIpc) is 2.95. The predicted molar refractivity (Wildman–Crippen MR) is 107 cm³/mol. The minimum absolute atomic E-state index is 0.105. The fourth-order valence-electron chi connectivity index (χ4n) is 3.84. The second-order valence-electron chi connectivity index (χ2n) is 8.07. The highest BCUT2D eigenvalue weighted by Crippen LogP contribution is 2.22. The van der Waals surface area contributed by atoms with E-state index >= 15 is 0 Å². The Morgan fingerprint density at radius 2 is 1.61 bits per heavy atom. The summed E-state index contributed by atoms with van der Waals surface area (Å²) in [6.45, 7) is 12.3. The van der Waals surface area contributed by atoms with E-state index in [4.69, 9.17) is 0 Å². The van der Waals surface area contributed by atoms with Crippen molar-refractivity contribution in [2.45, 2.75) is 32.7 Å². The standard InChI is InChI=1S/C21H30N4O3/c1-4-23-11-13-24(14-12-23)21(2,3)15-22-18(26)9-10-25-19(27)16-7-5-6-8-17(16)20(25)28/h5-8H,4,9-15H2,1-3H3,(H,22,26).